The van der Waals surface area contributed by atoms with Crippen LogP contribution < -0.4 is 4.74 Å². The van der Waals surface area contributed by atoms with Gasteiger partial charge < -0.3 is 14.4 Å². The molecule has 0 radical (unpaired) electrons. The van der Waals surface area contributed by atoms with Gasteiger partial charge in [0.2, 0.25) is 5.88 Å². The number of hydrogen-bond acceptors (Lipinski definition) is 4. The number of carbonyl (C=O) groups excluding carboxylic acids is 1. The number of aromatic nitrogens is 2. The molecule has 1 aliphatic heterocycles. The Morgan fingerprint density at radius 2 is 1.67 bits per heavy atom. The van der Waals surface area contributed by atoms with Crippen molar-refractivity contribution in [3.8, 4) is 17.3 Å². The molecule has 0 saturated carbocycles. The van der Waals surface area contributed by atoms with Gasteiger partial charge in [0.05, 0.1) is 29.6 Å². The zero-order valence-electron chi connectivity index (χ0n) is 20.5. The van der Waals surface area contributed by atoms with E-state index in [-0.39, 0.29) is 12.0 Å². The van der Waals surface area contributed by atoms with E-state index in [2.05, 4.69) is 6.92 Å². The van der Waals surface area contributed by atoms with E-state index < -0.39 is 0 Å². The molecule has 0 aliphatic carbocycles. The quantitative estimate of drug-likeness (QED) is 0.292. The van der Waals surface area contributed by atoms with E-state index in [1.807, 2.05) is 101 Å². The zero-order chi connectivity index (χ0) is 24.7. The first-order chi connectivity index (χ1) is 17.7. The van der Waals surface area contributed by atoms with E-state index in [1.165, 1.54) is 0 Å². The van der Waals surface area contributed by atoms with Gasteiger partial charge in [0.25, 0.3) is 5.91 Å². The summed E-state index contributed by atoms with van der Waals surface area (Å²) in [6.45, 7) is 3.73. The molecule has 0 spiro atoms. The Morgan fingerprint density at radius 3 is 2.31 bits per heavy atom. The van der Waals surface area contributed by atoms with Crippen molar-refractivity contribution >= 4 is 5.91 Å². The van der Waals surface area contributed by atoms with Crippen LogP contribution in [0, 0.1) is 0 Å². The molecule has 184 valence electrons. The highest BCUT2D eigenvalue weighted by Crippen LogP contribution is 2.33. The minimum Gasteiger partial charge on any atom is -0.439 e. The molecular weight excluding hydrogens is 450 g/mol. The summed E-state index contributed by atoms with van der Waals surface area (Å²) in [4.78, 5) is 15.6. The summed E-state index contributed by atoms with van der Waals surface area (Å²) in [6.07, 6.45) is 2.72. The summed E-state index contributed by atoms with van der Waals surface area (Å²) in [6, 6.07) is 29.1. The first kappa shape index (κ1) is 23.8. The van der Waals surface area contributed by atoms with Gasteiger partial charge in [0.1, 0.15) is 5.75 Å². The van der Waals surface area contributed by atoms with Crippen molar-refractivity contribution in [1.82, 2.24) is 14.7 Å². The molecular formula is C30H31N3O3. The SMILES string of the molecule is CCc1nn(-c2ccccc2)c(Oc2ccccc2)c1CN(C[C@@H]1CCCO1)C(=O)c1ccccc1. The van der Waals surface area contributed by atoms with Crippen LogP contribution in [0.4, 0.5) is 0 Å². The van der Waals surface area contributed by atoms with Crippen LogP contribution in [-0.2, 0) is 17.7 Å². The molecule has 1 saturated heterocycles. The minimum atomic E-state index is -0.0220. The summed E-state index contributed by atoms with van der Waals surface area (Å²) in [5, 5.41) is 4.93. The third-order valence-corrected chi connectivity index (χ3v) is 6.42. The van der Waals surface area contributed by atoms with Gasteiger partial charge in [-0.15, -0.1) is 0 Å². The predicted octanol–water partition coefficient (Wildman–Crippen LogP) is 6.05. The van der Waals surface area contributed by atoms with E-state index in [0.29, 0.717) is 31.0 Å². The number of carbonyl (C=O) groups is 1. The fourth-order valence-electron chi connectivity index (χ4n) is 4.58. The molecule has 2 heterocycles. The van der Waals surface area contributed by atoms with E-state index in [4.69, 9.17) is 14.6 Å². The monoisotopic (exact) mass is 481 g/mol. The van der Waals surface area contributed by atoms with Gasteiger partial charge in [-0.3, -0.25) is 4.79 Å². The molecule has 5 rings (SSSR count). The third-order valence-electron chi connectivity index (χ3n) is 6.42. The Morgan fingerprint density at radius 1 is 1.00 bits per heavy atom. The fourth-order valence-corrected chi connectivity index (χ4v) is 4.58. The molecule has 1 aromatic heterocycles. The molecule has 36 heavy (non-hydrogen) atoms. The smallest absolute Gasteiger partial charge is 0.254 e. The first-order valence-corrected chi connectivity index (χ1v) is 12.6. The van der Waals surface area contributed by atoms with Gasteiger partial charge in [0, 0.05) is 18.7 Å². The van der Waals surface area contributed by atoms with Crippen molar-refractivity contribution in [3.05, 3.63) is 108 Å². The number of aryl methyl sites for hydroxylation is 1. The summed E-state index contributed by atoms with van der Waals surface area (Å²) in [7, 11) is 0. The van der Waals surface area contributed by atoms with Crippen molar-refractivity contribution in [2.75, 3.05) is 13.2 Å². The Labute approximate surface area is 212 Å². The summed E-state index contributed by atoms with van der Waals surface area (Å²) in [5.41, 5.74) is 3.38. The van der Waals surface area contributed by atoms with Crippen molar-refractivity contribution in [2.24, 2.45) is 0 Å². The average molecular weight is 482 g/mol. The Balaban J connectivity index is 1.56. The molecule has 6 heteroatoms. The number of benzene rings is 3. The number of rotatable bonds is 9. The van der Waals surface area contributed by atoms with Crippen LogP contribution in [0.5, 0.6) is 11.6 Å². The highest BCUT2D eigenvalue weighted by Gasteiger charge is 2.28. The van der Waals surface area contributed by atoms with Crippen LogP contribution >= 0.6 is 0 Å². The number of hydrogen-bond donors (Lipinski definition) is 0. The van der Waals surface area contributed by atoms with Crippen LogP contribution in [0.3, 0.4) is 0 Å². The number of ether oxygens (including phenoxy) is 2. The van der Waals surface area contributed by atoms with Crippen molar-refractivity contribution in [3.63, 3.8) is 0 Å². The lowest BCUT2D eigenvalue weighted by atomic mass is 10.1. The first-order valence-electron chi connectivity index (χ1n) is 12.6. The Kier molecular flexibility index (Phi) is 7.43. The van der Waals surface area contributed by atoms with E-state index in [9.17, 15) is 4.79 Å². The molecule has 3 aromatic carbocycles. The second-order valence-electron chi connectivity index (χ2n) is 8.93. The number of nitrogens with zero attached hydrogens (tertiary/aromatic N) is 3. The molecule has 6 nitrogen and oxygen atoms in total. The van der Waals surface area contributed by atoms with Crippen molar-refractivity contribution < 1.29 is 14.3 Å². The maximum Gasteiger partial charge on any atom is 0.254 e. The molecule has 0 N–H and O–H groups in total. The van der Waals surface area contributed by atoms with Crippen LogP contribution in [-0.4, -0.2) is 39.8 Å². The average Bonchev–Trinajstić information content (AvgIpc) is 3.57. The lowest BCUT2D eigenvalue weighted by molar-refractivity contribution is 0.0505. The number of para-hydroxylation sites is 2. The lowest BCUT2D eigenvalue weighted by Crippen LogP contribution is -2.37. The van der Waals surface area contributed by atoms with Crippen LogP contribution in [0.2, 0.25) is 0 Å². The largest absolute Gasteiger partial charge is 0.439 e. The summed E-state index contributed by atoms with van der Waals surface area (Å²) < 4.78 is 14.2. The zero-order valence-corrected chi connectivity index (χ0v) is 20.5. The van der Waals surface area contributed by atoms with Crippen LogP contribution in [0.15, 0.2) is 91.0 Å². The number of amides is 1. The van der Waals surface area contributed by atoms with Gasteiger partial charge in [-0.2, -0.15) is 5.10 Å². The normalized spacial score (nSPS) is 15.1. The maximum atomic E-state index is 13.7. The molecule has 1 fully saturated rings. The minimum absolute atomic E-state index is 0.0220. The second-order valence-corrected chi connectivity index (χ2v) is 8.93. The Bertz CT molecular complexity index is 1270. The van der Waals surface area contributed by atoms with Gasteiger partial charge in [-0.25, -0.2) is 4.68 Å². The van der Waals surface area contributed by atoms with Crippen LogP contribution in [0.25, 0.3) is 5.69 Å². The highest BCUT2D eigenvalue weighted by molar-refractivity contribution is 5.94. The van der Waals surface area contributed by atoms with E-state index >= 15 is 0 Å². The molecule has 1 amide bonds. The predicted molar refractivity (Wildman–Crippen MR) is 140 cm³/mol. The molecule has 0 unspecified atom stereocenters. The van der Waals surface area contributed by atoms with E-state index in [0.717, 1.165) is 42.1 Å². The van der Waals surface area contributed by atoms with Gasteiger partial charge >= 0.3 is 0 Å². The fraction of sp³-hybridized carbons (Fsp3) is 0.267. The van der Waals surface area contributed by atoms with Gasteiger partial charge in [-0.05, 0) is 55.7 Å². The maximum absolute atomic E-state index is 13.7. The third kappa shape index (κ3) is 5.34. The van der Waals surface area contributed by atoms with Gasteiger partial charge in [-0.1, -0.05) is 61.5 Å². The lowest BCUT2D eigenvalue weighted by Gasteiger charge is -2.26. The molecule has 1 atom stereocenters. The van der Waals surface area contributed by atoms with Gasteiger partial charge in [0.15, 0.2) is 0 Å². The molecule has 1 aliphatic rings. The molecule has 0 bridgehead atoms. The highest BCUT2D eigenvalue weighted by atomic mass is 16.5. The van der Waals surface area contributed by atoms with E-state index in [1.54, 1.807) is 0 Å². The molecule has 4 aromatic rings. The standard InChI is InChI=1S/C30H31N3O3/c1-2-28-27(22-32(21-26-19-12-20-35-26)29(34)23-13-6-3-7-14-23)30(36-25-17-10-5-11-18-25)33(31-28)24-15-8-4-9-16-24/h3-11,13-18,26H,2,12,19-22H2,1H3/t26-/m0/s1. The van der Waals surface area contributed by atoms with Crippen molar-refractivity contribution in [1.29, 1.82) is 0 Å². The second kappa shape index (κ2) is 11.2. The van der Waals surface area contributed by atoms with Crippen molar-refractivity contribution in [2.45, 2.75) is 38.8 Å². The summed E-state index contributed by atoms with van der Waals surface area (Å²) in [5.74, 6) is 1.33. The topological polar surface area (TPSA) is 56.6 Å². The Hall–Kier alpha value is -3.90. The van der Waals surface area contributed by atoms with Crippen LogP contribution in [0.1, 0.15) is 41.4 Å². The summed E-state index contributed by atoms with van der Waals surface area (Å²) >= 11 is 0.